The van der Waals surface area contributed by atoms with Gasteiger partial charge < -0.3 is 9.88 Å². The predicted molar refractivity (Wildman–Crippen MR) is 106 cm³/mol. The number of nitrogens with one attached hydrogen (secondary N) is 1. The minimum absolute atomic E-state index is 0.220. The molecule has 0 spiro atoms. The van der Waals surface area contributed by atoms with Gasteiger partial charge in [-0.05, 0) is 36.7 Å². The molecule has 152 valence electrons. The second-order valence-electron chi connectivity index (χ2n) is 7.65. The van der Waals surface area contributed by atoms with E-state index in [1.807, 2.05) is 54.2 Å². The van der Waals surface area contributed by atoms with E-state index in [9.17, 15) is 18.0 Å². The van der Waals surface area contributed by atoms with Gasteiger partial charge in [0, 0.05) is 37.2 Å². The number of carbonyl (C=O) groups is 1. The summed E-state index contributed by atoms with van der Waals surface area (Å²) in [5.41, 5.74) is -0.238. The molecule has 1 saturated heterocycles. The number of rotatable bonds is 4. The first kappa shape index (κ1) is 19.5. The van der Waals surface area contributed by atoms with Gasteiger partial charge in [0.25, 0.3) is 0 Å². The summed E-state index contributed by atoms with van der Waals surface area (Å²) in [6.45, 7) is 0.263. The molecule has 1 aromatic heterocycles. The van der Waals surface area contributed by atoms with Crippen LogP contribution in [0.25, 0.3) is 10.9 Å². The van der Waals surface area contributed by atoms with E-state index in [4.69, 9.17) is 0 Å². The Balaban J connectivity index is 1.59. The van der Waals surface area contributed by atoms with Crippen LogP contribution in [0.15, 0.2) is 60.8 Å². The van der Waals surface area contributed by atoms with Crippen molar-refractivity contribution >= 4 is 22.5 Å². The first-order valence-electron chi connectivity index (χ1n) is 9.49. The fourth-order valence-corrected chi connectivity index (χ4v) is 4.06. The highest BCUT2D eigenvalue weighted by atomic mass is 19.4. The number of nitrogens with zero attached hydrogens (tertiary/aromatic N) is 2. The maximum atomic E-state index is 14.1. The van der Waals surface area contributed by atoms with Gasteiger partial charge in [0.05, 0.1) is 5.69 Å². The summed E-state index contributed by atoms with van der Waals surface area (Å²) in [5.74, 6) is -0.989. The van der Waals surface area contributed by atoms with E-state index in [1.54, 1.807) is 23.1 Å². The van der Waals surface area contributed by atoms with E-state index < -0.39 is 17.5 Å². The average Bonchev–Trinajstić information content (AvgIpc) is 3.28. The van der Waals surface area contributed by atoms with Crippen molar-refractivity contribution in [2.24, 2.45) is 12.5 Å². The normalized spacial score (nSPS) is 20.3. The summed E-state index contributed by atoms with van der Waals surface area (Å²) in [5, 5.41) is 3.30. The molecule has 4 rings (SSSR count). The van der Waals surface area contributed by atoms with Gasteiger partial charge in [-0.15, -0.1) is 0 Å². The van der Waals surface area contributed by atoms with Crippen molar-refractivity contribution in [2.45, 2.75) is 19.1 Å². The van der Waals surface area contributed by atoms with Gasteiger partial charge in [-0.3, -0.25) is 9.69 Å². The molecule has 0 radical (unpaired) electrons. The first-order valence-corrected chi connectivity index (χ1v) is 9.49. The summed E-state index contributed by atoms with van der Waals surface area (Å²) in [6.07, 6.45) is -3.07. The molecule has 1 aliphatic heterocycles. The van der Waals surface area contributed by atoms with Gasteiger partial charge in [-0.25, -0.2) is 0 Å². The maximum absolute atomic E-state index is 14.1. The second-order valence-corrected chi connectivity index (χ2v) is 7.65. The van der Waals surface area contributed by atoms with E-state index in [1.165, 1.54) is 0 Å². The Morgan fingerprint density at radius 2 is 1.86 bits per heavy atom. The molecule has 2 heterocycles. The van der Waals surface area contributed by atoms with Crippen LogP contribution < -0.4 is 5.32 Å². The number of halogens is 3. The Labute approximate surface area is 166 Å². The summed E-state index contributed by atoms with van der Waals surface area (Å²) < 4.78 is 44.2. The van der Waals surface area contributed by atoms with Crippen molar-refractivity contribution in [1.29, 1.82) is 0 Å². The summed E-state index contributed by atoms with van der Waals surface area (Å²) >= 11 is 0. The first-order chi connectivity index (χ1) is 13.8. The van der Waals surface area contributed by atoms with Crippen molar-refractivity contribution in [1.82, 2.24) is 9.47 Å². The number of aryl methyl sites for hydroxylation is 1. The van der Waals surface area contributed by atoms with Gasteiger partial charge in [0.2, 0.25) is 5.91 Å². The molecule has 0 bridgehead atoms. The molecule has 29 heavy (non-hydrogen) atoms. The number of hydrogen-bond acceptors (Lipinski definition) is 2. The highest BCUT2D eigenvalue weighted by Gasteiger charge is 2.63. The SMILES string of the molecule is Cn1ccc2c(NC(=O)C3(C(F)(F)F)CCN(Cc4ccccc4)C3)cccc21. The van der Waals surface area contributed by atoms with Gasteiger partial charge in [0.15, 0.2) is 5.41 Å². The summed E-state index contributed by atoms with van der Waals surface area (Å²) in [7, 11) is 1.85. The minimum atomic E-state index is -4.63. The van der Waals surface area contributed by atoms with Crippen molar-refractivity contribution in [2.75, 3.05) is 18.4 Å². The second kappa shape index (κ2) is 7.22. The molecule has 1 aliphatic rings. The highest BCUT2D eigenvalue weighted by molar-refractivity contribution is 6.04. The number of benzene rings is 2. The van der Waals surface area contributed by atoms with Crippen LogP contribution in [-0.2, 0) is 18.4 Å². The van der Waals surface area contributed by atoms with Crippen molar-refractivity contribution in [3.8, 4) is 0 Å². The average molecular weight is 401 g/mol. The lowest BCUT2D eigenvalue weighted by atomic mass is 9.85. The molecular formula is C22H22F3N3O. The van der Waals surface area contributed by atoms with Crippen LogP contribution in [0, 0.1) is 5.41 Å². The van der Waals surface area contributed by atoms with Gasteiger partial charge in [-0.2, -0.15) is 13.2 Å². The number of likely N-dealkylation sites (tertiary alicyclic amines) is 1. The van der Waals surface area contributed by atoms with Crippen LogP contribution in [0.4, 0.5) is 18.9 Å². The van der Waals surface area contributed by atoms with Crippen LogP contribution in [0.3, 0.4) is 0 Å². The number of carbonyl (C=O) groups excluding carboxylic acids is 1. The van der Waals surface area contributed by atoms with Gasteiger partial charge in [0.1, 0.15) is 0 Å². The number of anilines is 1. The third-order valence-corrected chi connectivity index (χ3v) is 5.75. The summed E-state index contributed by atoms with van der Waals surface area (Å²) in [6, 6.07) is 16.4. The van der Waals surface area contributed by atoms with Crippen LogP contribution in [0.5, 0.6) is 0 Å². The smallest absolute Gasteiger partial charge is 0.350 e. The third-order valence-electron chi connectivity index (χ3n) is 5.75. The Morgan fingerprint density at radius 1 is 1.10 bits per heavy atom. The van der Waals surface area contributed by atoms with Crippen molar-refractivity contribution < 1.29 is 18.0 Å². The molecule has 7 heteroatoms. The number of aromatic nitrogens is 1. The van der Waals surface area contributed by atoms with Crippen molar-refractivity contribution in [3.05, 3.63) is 66.4 Å². The molecule has 1 N–H and O–H groups in total. The van der Waals surface area contributed by atoms with Crippen LogP contribution >= 0.6 is 0 Å². The Hall–Kier alpha value is -2.80. The fourth-order valence-electron chi connectivity index (χ4n) is 4.06. The summed E-state index contributed by atoms with van der Waals surface area (Å²) in [4.78, 5) is 14.7. The zero-order valence-corrected chi connectivity index (χ0v) is 16.0. The van der Waals surface area contributed by atoms with E-state index in [2.05, 4.69) is 5.32 Å². The maximum Gasteiger partial charge on any atom is 0.404 e. The third kappa shape index (κ3) is 3.51. The highest BCUT2D eigenvalue weighted by Crippen LogP contribution is 2.47. The van der Waals surface area contributed by atoms with Crippen LogP contribution in [0.2, 0.25) is 0 Å². The lowest BCUT2D eigenvalue weighted by molar-refractivity contribution is -0.215. The number of fused-ring (bicyclic) bond motifs is 1. The molecule has 1 fully saturated rings. The number of amides is 1. The lowest BCUT2D eigenvalue weighted by Crippen LogP contribution is -2.49. The minimum Gasteiger partial charge on any atom is -0.350 e. The fraction of sp³-hybridized carbons (Fsp3) is 0.318. The van der Waals surface area contributed by atoms with Crippen LogP contribution in [-0.4, -0.2) is 34.6 Å². The lowest BCUT2D eigenvalue weighted by Gasteiger charge is -2.30. The van der Waals surface area contributed by atoms with Gasteiger partial charge >= 0.3 is 6.18 Å². The zero-order valence-electron chi connectivity index (χ0n) is 16.0. The van der Waals surface area contributed by atoms with Gasteiger partial charge in [-0.1, -0.05) is 36.4 Å². The molecule has 2 aromatic carbocycles. The van der Waals surface area contributed by atoms with E-state index in [0.29, 0.717) is 12.2 Å². The van der Waals surface area contributed by atoms with Crippen LogP contribution in [0.1, 0.15) is 12.0 Å². The Morgan fingerprint density at radius 3 is 2.59 bits per heavy atom. The molecule has 1 unspecified atom stereocenters. The molecular weight excluding hydrogens is 379 g/mol. The molecule has 0 saturated carbocycles. The topological polar surface area (TPSA) is 37.3 Å². The molecule has 4 nitrogen and oxygen atoms in total. The zero-order chi connectivity index (χ0) is 20.6. The molecule has 1 atom stereocenters. The van der Waals surface area contributed by atoms with E-state index in [-0.39, 0.29) is 19.5 Å². The molecule has 3 aromatic rings. The molecule has 1 amide bonds. The van der Waals surface area contributed by atoms with Crippen molar-refractivity contribution in [3.63, 3.8) is 0 Å². The largest absolute Gasteiger partial charge is 0.404 e. The Kier molecular flexibility index (Phi) is 4.86. The Bertz CT molecular complexity index is 1030. The number of alkyl halides is 3. The monoisotopic (exact) mass is 401 g/mol. The van der Waals surface area contributed by atoms with E-state index in [0.717, 1.165) is 16.5 Å². The number of hydrogen-bond donors (Lipinski definition) is 1. The quantitative estimate of drug-likeness (QED) is 0.695. The predicted octanol–water partition coefficient (Wildman–Crippen LogP) is 4.57. The molecule has 0 aliphatic carbocycles. The van der Waals surface area contributed by atoms with E-state index >= 15 is 0 Å². The standard InChI is InChI=1S/C22H22F3N3O/c1-27-12-10-17-18(8-5-9-19(17)27)26-20(29)21(22(23,24)25)11-13-28(15-21)14-16-6-3-2-4-7-16/h2-10,12H,11,13-15H2,1H3,(H,26,29).